The van der Waals surface area contributed by atoms with Crippen LogP contribution in [0, 0.1) is 0 Å². The van der Waals surface area contributed by atoms with E-state index in [1.54, 1.807) is 30.3 Å². The van der Waals surface area contributed by atoms with Crippen molar-refractivity contribution in [3.05, 3.63) is 109 Å². The number of H-pyrrole nitrogens is 1. The zero-order chi connectivity index (χ0) is 43.4. The number of rotatable bonds is 19. The van der Waals surface area contributed by atoms with E-state index in [0.717, 1.165) is 29.7 Å². The van der Waals surface area contributed by atoms with Crippen molar-refractivity contribution < 1.29 is 66.6 Å². The van der Waals surface area contributed by atoms with Gasteiger partial charge in [-0.05, 0) is 65.6 Å². The zero-order valence-corrected chi connectivity index (χ0v) is 34.1. The highest BCUT2D eigenvalue weighted by molar-refractivity contribution is 7.80. The summed E-state index contributed by atoms with van der Waals surface area (Å²) in [5.41, 5.74) is 0.498. The highest BCUT2D eigenvalue weighted by atomic mass is 32.1. The summed E-state index contributed by atoms with van der Waals surface area (Å²) in [6.07, 6.45) is -1.44. The number of aliphatic hydroxyl groups excluding tert-OH is 2. The first-order chi connectivity index (χ1) is 28.4. The molecule has 6 rings (SSSR count). The Morgan fingerprint density at radius 1 is 0.867 bits per heavy atom. The van der Waals surface area contributed by atoms with Gasteiger partial charge in [-0.1, -0.05) is 43.6 Å². The van der Waals surface area contributed by atoms with E-state index in [9.17, 15) is 58.5 Å². The summed E-state index contributed by atoms with van der Waals surface area (Å²) in [7, 11) is -10.3. The van der Waals surface area contributed by atoms with E-state index in [2.05, 4.69) is 8.83 Å². The number of phenolic OH excluding ortho intramolecular Hbond substituents is 1. The molecule has 3 aromatic rings. The van der Waals surface area contributed by atoms with Crippen molar-refractivity contribution in [2.45, 2.75) is 69.5 Å². The van der Waals surface area contributed by atoms with E-state index < -0.39 is 64.0 Å². The largest absolute Gasteiger partial charge is 0.508 e. The average Bonchev–Trinajstić information content (AvgIpc) is 3.45. The zero-order valence-electron chi connectivity index (χ0n) is 31.4. The number of aromatic amines is 1. The summed E-state index contributed by atoms with van der Waals surface area (Å²) in [6.45, 7) is -1.20. The van der Waals surface area contributed by atoms with Crippen LogP contribution in [0.4, 0.5) is 0 Å². The van der Waals surface area contributed by atoms with Gasteiger partial charge >= 0.3 is 27.3 Å². The van der Waals surface area contributed by atoms with Gasteiger partial charge in [0.1, 0.15) is 35.4 Å². The Bertz CT molecular complexity index is 2640. The number of unbranched alkanes of at least 4 members (excludes halogenated alkanes) is 4. The second kappa shape index (κ2) is 18.9. The quantitative estimate of drug-likeness (QED) is 0.0257. The van der Waals surface area contributed by atoms with Crippen LogP contribution in [0.1, 0.15) is 60.7 Å². The summed E-state index contributed by atoms with van der Waals surface area (Å²) in [5, 5.41) is 41.4. The Hall–Kier alpha value is -4.69. The number of phosphoric ester groups is 2. The number of nitrogens with one attached hydrogen (secondary N) is 1. The minimum atomic E-state index is -5.26. The van der Waals surface area contributed by atoms with Crippen LogP contribution in [0.3, 0.4) is 0 Å². The number of benzene rings is 3. The lowest BCUT2D eigenvalue weighted by Gasteiger charge is -2.19. The lowest BCUT2D eigenvalue weighted by Crippen LogP contribution is -2.37. The lowest BCUT2D eigenvalue weighted by atomic mass is 9.89. The summed E-state index contributed by atoms with van der Waals surface area (Å²) >= 11 is 5.61. The molecule has 22 heteroatoms. The number of aromatic carboxylic acids is 1. The molecule has 6 unspecified atom stereocenters. The van der Waals surface area contributed by atoms with Crippen molar-refractivity contribution in [1.82, 2.24) is 9.55 Å². The molecular weight excluding hydrogens is 850 g/mol. The van der Waals surface area contributed by atoms with Crippen molar-refractivity contribution in [1.29, 1.82) is 0 Å². The number of carboxylic acids is 1. The number of thiocarbonyl (C=S) groups is 1. The van der Waals surface area contributed by atoms with Gasteiger partial charge in [0, 0.05) is 47.3 Å². The number of hydrogen-bond acceptors (Lipinski definition) is 15. The minimum absolute atomic E-state index is 0.0234. The molecule has 1 aliphatic carbocycles. The molecule has 19 nitrogen and oxygen atoms in total. The Morgan fingerprint density at radius 2 is 1.58 bits per heavy atom. The summed E-state index contributed by atoms with van der Waals surface area (Å²) in [4.78, 5) is 70.6. The molecule has 6 atom stereocenters. The van der Waals surface area contributed by atoms with Crippen molar-refractivity contribution in [3.8, 4) is 28.2 Å². The third kappa shape index (κ3) is 11.0. The SMILES string of the molecule is O=C(O)c1cc(CC(=S)CCCCCCCOP(=O)(O)OP(=O)(O)OCC2OC(n3ccc(=O)[nH]c3=O)C(O)C2O)ccc1-c1c2ccc(=O)cc-2oc2cc(O)ccc12. The van der Waals surface area contributed by atoms with Gasteiger partial charge < -0.3 is 39.4 Å². The van der Waals surface area contributed by atoms with Gasteiger partial charge in [-0.3, -0.25) is 28.2 Å². The summed E-state index contributed by atoms with van der Waals surface area (Å²) in [6, 6.07) is 14.8. The molecule has 3 heterocycles. The van der Waals surface area contributed by atoms with Gasteiger partial charge in [-0.2, -0.15) is 4.31 Å². The van der Waals surface area contributed by atoms with Gasteiger partial charge in [-0.25, -0.2) is 18.7 Å². The van der Waals surface area contributed by atoms with Crippen molar-refractivity contribution in [3.63, 3.8) is 0 Å². The maximum absolute atomic E-state index is 12.5. The molecular formula is C38H40N2O17P2S. The van der Waals surface area contributed by atoms with Crippen LogP contribution in [-0.4, -0.2) is 82.1 Å². The number of fused-ring (bicyclic) bond motifs is 2. The number of aromatic nitrogens is 2. The van der Waals surface area contributed by atoms with E-state index in [0.29, 0.717) is 64.6 Å². The number of nitrogens with zero attached hydrogens (tertiary/aromatic N) is 1. The molecule has 2 aromatic carbocycles. The highest BCUT2D eigenvalue weighted by Crippen LogP contribution is 2.60. The van der Waals surface area contributed by atoms with E-state index >= 15 is 0 Å². The smallest absolute Gasteiger partial charge is 0.481 e. The first-order valence-electron chi connectivity index (χ1n) is 18.5. The van der Waals surface area contributed by atoms with E-state index in [1.165, 1.54) is 24.3 Å². The van der Waals surface area contributed by atoms with E-state index in [-0.39, 0.29) is 34.7 Å². The number of phenols is 1. The Labute approximate surface area is 345 Å². The fraction of sp³-hybridized carbons (Fsp3) is 0.342. The number of phosphoric acid groups is 2. The van der Waals surface area contributed by atoms with Crippen LogP contribution in [0.2, 0.25) is 0 Å². The molecule has 1 aromatic heterocycles. The number of aromatic hydroxyl groups is 1. The summed E-state index contributed by atoms with van der Waals surface area (Å²) in [5.74, 6) is -0.979. The monoisotopic (exact) mass is 890 g/mol. The van der Waals surface area contributed by atoms with Gasteiger partial charge in [0.2, 0.25) is 0 Å². The van der Waals surface area contributed by atoms with Crippen molar-refractivity contribution in [2.24, 2.45) is 0 Å². The molecule has 7 N–H and O–H groups in total. The molecule has 0 bridgehead atoms. The molecule has 0 saturated carbocycles. The second-order valence-corrected chi connectivity index (χ2v) is 17.6. The molecule has 320 valence electrons. The van der Waals surface area contributed by atoms with Crippen LogP contribution in [-0.2, 0) is 33.6 Å². The van der Waals surface area contributed by atoms with Gasteiger partial charge in [0.25, 0.3) is 5.56 Å². The minimum Gasteiger partial charge on any atom is -0.508 e. The highest BCUT2D eigenvalue weighted by Gasteiger charge is 2.46. The van der Waals surface area contributed by atoms with Crippen LogP contribution >= 0.6 is 27.9 Å². The molecule has 1 fully saturated rings. The maximum atomic E-state index is 12.5. The maximum Gasteiger partial charge on any atom is 0.481 e. The average molecular weight is 891 g/mol. The third-order valence-electron chi connectivity index (χ3n) is 9.59. The van der Waals surface area contributed by atoms with Gasteiger partial charge in [0.15, 0.2) is 11.7 Å². The number of aliphatic hydroxyl groups is 2. The topological polar surface area (TPSA) is 295 Å². The molecule has 60 heavy (non-hydrogen) atoms. The molecule has 0 radical (unpaired) electrons. The Morgan fingerprint density at radius 3 is 2.33 bits per heavy atom. The number of carbonyl (C=O) groups is 1. The standard InChI is InChI=1S/C38H40N2O17P2S/c41-22-8-11-26-29(18-22)55-30-19-23(42)9-12-27(30)33(26)25-10-7-21(17-28(25)37(46)47)16-24(60)6-4-2-1-3-5-15-53-58(49,50)57-59(51,52)54-20-31-34(44)35(45)36(56-31)40-14-13-32(43)39-38(40)48/h7-14,17-19,31,34-36,41,44-45H,1-6,15-16,20H2,(H,46,47)(H,49,50)(H,51,52)(H,39,43,48). The Balaban J connectivity index is 0.927. The molecule has 2 aliphatic heterocycles. The third-order valence-corrected chi connectivity index (χ3v) is 12.6. The number of ether oxygens (including phenoxy) is 1. The molecule has 1 saturated heterocycles. The number of hydrogen-bond donors (Lipinski definition) is 7. The fourth-order valence-electron chi connectivity index (χ4n) is 6.77. The molecule has 0 amide bonds. The van der Waals surface area contributed by atoms with Crippen LogP contribution in [0.15, 0.2) is 85.7 Å². The number of carboxylic acid groups (broad SMARTS) is 1. The van der Waals surface area contributed by atoms with E-state index in [1.807, 2.05) is 4.98 Å². The second-order valence-electron chi connectivity index (χ2n) is 13.9. The van der Waals surface area contributed by atoms with Crippen molar-refractivity contribution >= 4 is 49.7 Å². The lowest BCUT2D eigenvalue weighted by molar-refractivity contribution is -0.0543. The molecule has 0 spiro atoms. The van der Waals surface area contributed by atoms with E-state index in [4.69, 9.17) is 25.9 Å². The van der Waals surface area contributed by atoms with Crippen LogP contribution in [0.5, 0.6) is 5.75 Å². The first-order valence-corrected chi connectivity index (χ1v) is 21.9. The van der Waals surface area contributed by atoms with Gasteiger partial charge in [0.05, 0.1) is 18.8 Å². The van der Waals surface area contributed by atoms with Crippen LogP contribution in [0.25, 0.3) is 33.4 Å². The van der Waals surface area contributed by atoms with Gasteiger partial charge in [-0.15, -0.1) is 0 Å². The Kier molecular flexibility index (Phi) is 14.1. The normalized spacial score (nSPS) is 19.9. The van der Waals surface area contributed by atoms with Crippen LogP contribution < -0.4 is 16.7 Å². The summed E-state index contributed by atoms with van der Waals surface area (Å²) < 4.78 is 50.5. The fourth-order valence-corrected chi connectivity index (χ4v) is 9.19. The predicted molar refractivity (Wildman–Crippen MR) is 217 cm³/mol. The predicted octanol–water partition coefficient (Wildman–Crippen LogP) is 4.64. The molecule has 3 aliphatic rings. The first kappa shape index (κ1) is 44.9. The van der Waals surface area contributed by atoms with Crippen molar-refractivity contribution in [2.75, 3.05) is 13.2 Å².